The number of carbonyl (C=O) groups excluding carboxylic acids is 1. The number of nitrogens with one attached hydrogen (secondary N) is 2. The lowest BCUT2D eigenvalue weighted by molar-refractivity contribution is -0.137. The quantitative estimate of drug-likeness (QED) is 0.816. The summed E-state index contributed by atoms with van der Waals surface area (Å²) in [5.41, 5.74) is 0.305. The molecular weight excluding hydrogens is 385 g/mol. The normalized spacial score (nSPS) is 19.7. The van der Waals surface area contributed by atoms with E-state index in [9.17, 15) is 18.0 Å². The van der Waals surface area contributed by atoms with E-state index in [2.05, 4.69) is 25.6 Å². The average Bonchev–Trinajstić information content (AvgIpc) is 2.72. The Kier molecular flexibility index (Phi) is 5.12. The lowest BCUT2D eigenvalue weighted by atomic mass is 10.0. The van der Waals surface area contributed by atoms with Crippen LogP contribution in [0.25, 0.3) is 11.4 Å². The Morgan fingerprint density at radius 2 is 2.07 bits per heavy atom. The number of hydrogen-bond donors (Lipinski definition) is 2. The van der Waals surface area contributed by atoms with Crippen molar-refractivity contribution >= 4 is 17.5 Å². The Morgan fingerprint density at radius 3 is 2.83 bits per heavy atom. The van der Waals surface area contributed by atoms with E-state index in [1.807, 2.05) is 11.8 Å². The van der Waals surface area contributed by atoms with E-state index >= 15 is 0 Å². The molecule has 1 amide bonds. The number of pyridine rings is 1. The largest absolute Gasteiger partial charge is 0.416 e. The molecule has 2 aromatic heterocycles. The van der Waals surface area contributed by atoms with Crippen molar-refractivity contribution < 1.29 is 18.0 Å². The molecule has 0 saturated carbocycles. The molecule has 2 aliphatic heterocycles. The highest BCUT2D eigenvalue weighted by Gasteiger charge is 2.34. The first-order chi connectivity index (χ1) is 13.9. The van der Waals surface area contributed by atoms with Crippen LogP contribution < -0.4 is 15.5 Å². The molecule has 1 atom stereocenters. The van der Waals surface area contributed by atoms with Crippen LogP contribution in [0.2, 0.25) is 0 Å². The number of alkyl halides is 3. The van der Waals surface area contributed by atoms with E-state index in [0.717, 1.165) is 18.6 Å². The number of rotatable bonds is 3. The molecule has 0 aromatic carbocycles. The average molecular weight is 406 g/mol. The first-order valence-electron chi connectivity index (χ1n) is 9.57. The van der Waals surface area contributed by atoms with Crippen LogP contribution in [0.4, 0.5) is 24.8 Å². The van der Waals surface area contributed by atoms with Crippen LogP contribution >= 0.6 is 0 Å². The standard InChI is InChI=1S/C19H21F3N6O/c1-2-12-9-23-5-6-28(12)15-8-11(19(20,21)22)7-14(26-15)17-13-3-4-16(29)27-18(13)25-10-24-17/h7-8,10,12,23H,2-6,9H2,1H3,(H,24,25,27,29)/t12-/m1/s1. The minimum absolute atomic E-state index is 0.0613. The number of nitrogens with zero attached hydrogens (tertiary/aromatic N) is 4. The maximum Gasteiger partial charge on any atom is 0.416 e. The second-order valence-corrected chi connectivity index (χ2v) is 7.15. The van der Waals surface area contributed by atoms with Crippen molar-refractivity contribution in [2.75, 3.05) is 29.9 Å². The Labute approximate surface area is 165 Å². The van der Waals surface area contributed by atoms with Gasteiger partial charge in [-0.15, -0.1) is 0 Å². The zero-order valence-corrected chi connectivity index (χ0v) is 15.9. The number of piperazine rings is 1. The second kappa shape index (κ2) is 7.58. The molecule has 0 unspecified atom stereocenters. The van der Waals surface area contributed by atoms with Crippen LogP contribution in [-0.4, -0.2) is 46.5 Å². The molecule has 4 rings (SSSR count). The number of halogens is 3. The van der Waals surface area contributed by atoms with Crippen molar-refractivity contribution in [2.45, 2.75) is 38.4 Å². The summed E-state index contributed by atoms with van der Waals surface area (Å²) in [6.07, 6.45) is -1.90. The highest BCUT2D eigenvalue weighted by molar-refractivity contribution is 5.94. The first kappa shape index (κ1) is 19.6. The lowest BCUT2D eigenvalue weighted by Gasteiger charge is -2.37. The molecule has 154 valence electrons. The van der Waals surface area contributed by atoms with E-state index in [-0.39, 0.29) is 29.9 Å². The van der Waals surface area contributed by atoms with Crippen LogP contribution in [0.1, 0.15) is 30.9 Å². The fraction of sp³-hybridized carbons (Fsp3) is 0.474. The van der Waals surface area contributed by atoms with Crippen molar-refractivity contribution in [3.8, 4) is 11.4 Å². The molecule has 7 nitrogen and oxygen atoms in total. The fourth-order valence-electron chi connectivity index (χ4n) is 3.79. The topological polar surface area (TPSA) is 83.0 Å². The zero-order chi connectivity index (χ0) is 20.6. The highest BCUT2D eigenvalue weighted by atomic mass is 19.4. The molecule has 1 fully saturated rings. The summed E-state index contributed by atoms with van der Waals surface area (Å²) in [6.45, 7) is 3.95. The smallest absolute Gasteiger partial charge is 0.351 e. The van der Waals surface area contributed by atoms with Gasteiger partial charge in [-0.3, -0.25) is 4.79 Å². The molecule has 0 aliphatic carbocycles. The van der Waals surface area contributed by atoms with E-state index in [4.69, 9.17) is 0 Å². The summed E-state index contributed by atoms with van der Waals surface area (Å²) in [6, 6.07) is 2.18. The van der Waals surface area contributed by atoms with Gasteiger partial charge < -0.3 is 15.5 Å². The Morgan fingerprint density at radius 1 is 1.24 bits per heavy atom. The number of fused-ring (bicyclic) bond motifs is 1. The van der Waals surface area contributed by atoms with Crippen LogP contribution in [0.15, 0.2) is 18.5 Å². The SMILES string of the molecule is CC[C@@H]1CNCCN1c1cc(C(F)(F)F)cc(-c2ncnc3c2CCC(=O)N3)n1. The van der Waals surface area contributed by atoms with Crippen molar-refractivity contribution in [3.05, 3.63) is 29.6 Å². The Bertz CT molecular complexity index is 933. The molecule has 0 spiro atoms. The molecule has 0 radical (unpaired) electrons. The van der Waals surface area contributed by atoms with Crippen molar-refractivity contribution in [2.24, 2.45) is 0 Å². The summed E-state index contributed by atoms with van der Waals surface area (Å²) in [4.78, 5) is 26.4. The molecule has 2 aromatic rings. The second-order valence-electron chi connectivity index (χ2n) is 7.15. The third kappa shape index (κ3) is 3.89. The van der Waals surface area contributed by atoms with Gasteiger partial charge in [0, 0.05) is 37.7 Å². The van der Waals surface area contributed by atoms with E-state index in [1.165, 1.54) is 6.33 Å². The molecule has 1 saturated heterocycles. The fourth-order valence-corrected chi connectivity index (χ4v) is 3.79. The zero-order valence-electron chi connectivity index (χ0n) is 15.9. The maximum absolute atomic E-state index is 13.7. The van der Waals surface area contributed by atoms with Gasteiger partial charge in [0.1, 0.15) is 18.0 Å². The maximum atomic E-state index is 13.7. The highest BCUT2D eigenvalue weighted by Crippen LogP contribution is 2.36. The van der Waals surface area contributed by atoms with Crippen molar-refractivity contribution in [1.82, 2.24) is 20.3 Å². The number of amides is 1. The van der Waals surface area contributed by atoms with Gasteiger partial charge in [0.15, 0.2) is 0 Å². The van der Waals surface area contributed by atoms with Crippen LogP contribution in [-0.2, 0) is 17.4 Å². The predicted octanol–water partition coefficient (Wildman–Crippen LogP) is 2.63. The minimum atomic E-state index is -4.51. The molecular formula is C19H21F3N6O. The summed E-state index contributed by atoms with van der Waals surface area (Å²) < 4.78 is 41.0. The van der Waals surface area contributed by atoms with Gasteiger partial charge in [-0.2, -0.15) is 13.2 Å². The molecule has 4 heterocycles. The Hall–Kier alpha value is -2.75. The summed E-state index contributed by atoms with van der Waals surface area (Å²) in [5.74, 6) is 0.447. The van der Waals surface area contributed by atoms with Crippen LogP contribution in [0, 0.1) is 0 Å². The van der Waals surface area contributed by atoms with Gasteiger partial charge >= 0.3 is 6.18 Å². The van der Waals surface area contributed by atoms with Crippen molar-refractivity contribution in [3.63, 3.8) is 0 Å². The van der Waals surface area contributed by atoms with Crippen LogP contribution in [0.5, 0.6) is 0 Å². The Balaban J connectivity index is 1.84. The number of hydrogen-bond acceptors (Lipinski definition) is 6. The number of anilines is 2. The molecule has 29 heavy (non-hydrogen) atoms. The summed E-state index contributed by atoms with van der Waals surface area (Å²) >= 11 is 0. The van der Waals surface area contributed by atoms with Gasteiger partial charge in [-0.05, 0) is 25.0 Å². The van der Waals surface area contributed by atoms with Gasteiger partial charge in [0.2, 0.25) is 5.91 Å². The third-order valence-corrected chi connectivity index (χ3v) is 5.30. The predicted molar refractivity (Wildman–Crippen MR) is 102 cm³/mol. The molecule has 10 heteroatoms. The lowest BCUT2D eigenvalue weighted by Crippen LogP contribution is -2.51. The third-order valence-electron chi connectivity index (χ3n) is 5.30. The van der Waals surface area contributed by atoms with E-state index in [1.54, 1.807) is 0 Å². The molecule has 2 N–H and O–H groups in total. The van der Waals surface area contributed by atoms with Gasteiger partial charge in [0.05, 0.1) is 17.0 Å². The van der Waals surface area contributed by atoms with Gasteiger partial charge in [-0.25, -0.2) is 15.0 Å². The molecule has 2 aliphatic rings. The van der Waals surface area contributed by atoms with E-state index < -0.39 is 11.7 Å². The first-order valence-corrected chi connectivity index (χ1v) is 9.57. The van der Waals surface area contributed by atoms with E-state index in [0.29, 0.717) is 43.1 Å². The van der Waals surface area contributed by atoms with Crippen LogP contribution in [0.3, 0.4) is 0 Å². The summed E-state index contributed by atoms with van der Waals surface area (Å²) in [5, 5.41) is 5.92. The summed E-state index contributed by atoms with van der Waals surface area (Å²) in [7, 11) is 0. The molecule has 0 bridgehead atoms. The minimum Gasteiger partial charge on any atom is -0.351 e. The monoisotopic (exact) mass is 406 g/mol. The van der Waals surface area contributed by atoms with Crippen molar-refractivity contribution in [1.29, 1.82) is 0 Å². The van der Waals surface area contributed by atoms with Gasteiger partial charge in [0.25, 0.3) is 0 Å². The van der Waals surface area contributed by atoms with Gasteiger partial charge in [-0.1, -0.05) is 6.92 Å². The number of carbonyl (C=O) groups is 1. The number of aromatic nitrogens is 3.